The zero-order valence-electron chi connectivity index (χ0n) is 9.51. The average Bonchev–Trinajstić information content (AvgIpc) is 2.67. The standard InChI is InChI=1S/C11H16N4O/c1-3-9(16)7-12-11-13-10-6-8(2)4-5-15(10)14-11/h4-6,9,16H,3,7H2,1-2H3,(H,12,14). The second-order valence-corrected chi connectivity index (χ2v) is 3.89. The Hall–Kier alpha value is -1.62. The lowest BCUT2D eigenvalue weighted by Gasteiger charge is -2.06. The molecule has 86 valence electrons. The molecule has 0 saturated heterocycles. The van der Waals surface area contributed by atoms with E-state index in [-0.39, 0.29) is 6.10 Å². The van der Waals surface area contributed by atoms with Gasteiger partial charge in [0.05, 0.1) is 6.10 Å². The fourth-order valence-corrected chi connectivity index (χ4v) is 1.41. The minimum Gasteiger partial charge on any atom is -0.391 e. The lowest BCUT2D eigenvalue weighted by atomic mass is 10.3. The molecule has 0 bridgehead atoms. The molecule has 2 N–H and O–H groups in total. The maximum absolute atomic E-state index is 9.41. The van der Waals surface area contributed by atoms with Crippen LogP contribution in [-0.2, 0) is 0 Å². The molecule has 1 unspecified atom stereocenters. The van der Waals surface area contributed by atoms with Gasteiger partial charge in [0.1, 0.15) is 0 Å². The first kappa shape index (κ1) is 10.9. The first-order chi connectivity index (χ1) is 7.69. The topological polar surface area (TPSA) is 62.5 Å². The minimum atomic E-state index is -0.353. The highest BCUT2D eigenvalue weighted by atomic mass is 16.3. The highest BCUT2D eigenvalue weighted by Crippen LogP contribution is 2.07. The average molecular weight is 220 g/mol. The summed E-state index contributed by atoms with van der Waals surface area (Å²) in [6.45, 7) is 4.43. The number of anilines is 1. The van der Waals surface area contributed by atoms with Gasteiger partial charge < -0.3 is 10.4 Å². The van der Waals surface area contributed by atoms with Crippen molar-refractivity contribution < 1.29 is 5.11 Å². The minimum absolute atomic E-state index is 0.353. The molecule has 0 amide bonds. The molecule has 0 saturated carbocycles. The number of aryl methyl sites for hydroxylation is 1. The Balaban J connectivity index is 2.13. The maximum atomic E-state index is 9.41. The van der Waals surface area contributed by atoms with Crippen LogP contribution >= 0.6 is 0 Å². The zero-order chi connectivity index (χ0) is 11.5. The van der Waals surface area contributed by atoms with Crippen molar-refractivity contribution in [2.75, 3.05) is 11.9 Å². The molecular formula is C11H16N4O. The number of aliphatic hydroxyl groups is 1. The molecule has 2 aromatic heterocycles. The van der Waals surface area contributed by atoms with Crippen LogP contribution in [0.5, 0.6) is 0 Å². The number of rotatable bonds is 4. The highest BCUT2D eigenvalue weighted by molar-refractivity contribution is 5.45. The van der Waals surface area contributed by atoms with Crippen LogP contribution in [0, 0.1) is 6.92 Å². The second-order valence-electron chi connectivity index (χ2n) is 3.89. The van der Waals surface area contributed by atoms with E-state index in [1.54, 1.807) is 4.52 Å². The number of hydrogen-bond acceptors (Lipinski definition) is 4. The van der Waals surface area contributed by atoms with E-state index in [2.05, 4.69) is 15.4 Å². The Labute approximate surface area is 94.1 Å². The summed E-state index contributed by atoms with van der Waals surface area (Å²) in [5.74, 6) is 0.554. The van der Waals surface area contributed by atoms with Gasteiger partial charge in [-0.1, -0.05) is 6.92 Å². The van der Waals surface area contributed by atoms with Crippen molar-refractivity contribution in [2.24, 2.45) is 0 Å². The smallest absolute Gasteiger partial charge is 0.243 e. The number of nitrogens with zero attached hydrogens (tertiary/aromatic N) is 3. The van der Waals surface area contributed by atoms with Gasteiger partial charge in [-0.3, -0.25) is 0 Å². The van der Waals surface area contributed by atoms with Gasteiger partial charge in [0.2, 0.25) is 5.95 Å². The van der Waals surface area contributed by atoms with Crippen molar-refractivity contribution >= 4 is 11.6 Å². The summed E-state index contributed by atoms with van der Waals surface area (Å²) in [6.07, 6.45) is 2.24. The Morgan fingerprint density at radius 3 is 3.12 bits per heavy atom. The van der Waals surface area contributed by atoms with Crippen LogP contribution in [0.4, 0.5) is 5.95 Å². The molecule has 0 radical (unpaired) electrons. The SMILES string of the molecule is CCC(O)CNc1nc2cc(C)ccn2n1. The van der Waals surface area contributed by atoms with Gasteiger partial charge in [-0.2, -0.15) is 4.98 Å². The van der Waals surface area contributed by atoms with E-state index in [9.17, 15) is 5.11 Å². The number of aliphatic hydroxyl groups excluding tert-OH is 1. The molecule has 5 heteroatoms. The monoisotopic (exact) mass is 220 g/mol. The molecule has 0 aliphatic rings. The number of hydrogen-bond donors (Lipinski definition) is 2. The normalized spacial score (nSPS) is 12.9. The van der Waals surface area contributed by atoms with Gasteiger partial charge >= 0.3 is 0 Å². The molecule has 0 fully saturated rings. The van der Waals surface area contributed by atoms with Crippen molar-refractivity contribution in [1.82, 2.24) is 14.6 Å². The van der Waals surface area contributed by atoms with E-state index in [4.69, 9.17) is 0 Å². The molecule has 0 aliphatic heterocycles. The third-order valence-corrected chi connectivity index (χ3v) is 2.46. The predicted octanol–water partition coefficient (Wildman–Crippen LogP) is 1.22. The third kappa shape index (κ3) is 2.30. The summed E-state index contributed by atoms with van der Waals surface area (Å²) >= 11 is 0. The third-order valence-electron chi connectivity index (χ3n) is 2.46. The van der Waals surface area contributed by atoms with E-state index in [1.807, 2.05) is 32.2 Å². The number of fused-ring (bicyclic) bond motifs is 1. The molecule has 2 aromatic rings. The fourth-order valence-electron chi connectivity index (χ4n) is 1.41. The summed E-state index contributed by atoms with van der Waals surface area (Å²) in [5, 5.41) is 16.7. The summed E-state index contributed by atoms with van der Waals surface area (Å²) < 4.78 is 1.72. The first-order valence-electron chi connectivity index (χ1n) is 5.44. The van der Waals surface area contributed by atoms with Crippen LogP contribution in [0.2, 0.25) is 0 Å². The molecule has 0 aliphatic carbocycles. The Morgan fingerprint density at radius 1 is 1.56 bits per heavy atom. The van der Waals surface area contributed by atoms with E-state index >= 15 is 0 Å². The lowest BCUT2D eigenvalue weighted by molar-refractivity contribution is 0.183. The molecular weight excluding hydrogens is 204 g/mol. The Kier molecular flexibility index (Phi) is 3.05. The van der Waals surface area contributed by atoms with E-state index < -0.39 is 0 Å². The number of pyridine rings is 1. The van der Waals surface area contributed by atoms with Crippen LogP contribution in [-0.4, -0.2) is 32.4 Å². The molecule has 16 heavy (non-hydrogen) atoms. The second kappa shape index (κ2) is 4.49. The van der Waals surface area contributed by atoms with Crippen LogP contribution < -0.4 is 5.32 Å². The number of aromatic nitrogens is 3. The van der Waals surface area contributed by atoms with E-state index in [1.165, 1.54) is 0 Å². The predicted molar refractivity (Wildman–Crippen MR) is 62.5 cm³/mol. The molecule has 0 spiro atoms. The molecule has 5 nitrogen and oxygen atoms in total. The maximum Gasteiger partial charge on any atom is 0.243 e. The molecule has 2 heterocycles. The van der Waals surface area contributed by atoms with E-state index in [0.29, 0.717) is 12.5 Å². The van der Waals surface area contributed by atoms with Gasteiger partial charge in [-0.25, -0.2) is 4.52 Å². The van der Waals surface area contributed by atoms with Gasteiger partial charge in [0, 0.05) is 12.7 Å². The fraction of sp³-hybridized carbons (Fsp3) is 0.455. The summed E-state index contributed by atoms with van der Waals surface area (Å²) in [6, 6.07) is 3.95. The zero-order valence-corrected chi connectivity index (χ0v) is 9.51. The largest absolute Gasteiger partial charge is 0.391 e. The van der Waals surface area contributed by atoms with Crippen molar-refractivity contribution in [3.8, 4) is 0 Å². The summed E-state index contributed by atoms with van der Waals surface area (Å²) in [5.41, 5.74) is 1.97. The Morgan fingerprint density at radius 2 is 2.38 bits per heavy atom. The molecule has 1 atom stereocenters. The van der Waals surface area contributed by atoms with Crippen LogP contribution in [0.1, 0.15) is 18.9 Å². The van der Waals surface area contributed by atoms with Crippen molar-refractivity contribution in [2.45, 2.75) is 26.4 Å². The first-order valence-corrected chi connectivity index (χ1v) is 5.44. The van der Waals surface area contributed by atoms with Gasteiger partial charge in [0.25, 0.3) is 0 Å². The van der Waals surface area contributed by atoms with Crippen LogP contribution in [0.15, 0.2) is 18.3 Å². The Bertz CT molecular complexity index is 480. The molecule has 2 rings (SSSR count). The van der Waals surface area contributed by atoms with Gasteiger partial charge in [0.15, 0.2) is 5.65 Å². The van der Waals surface area contributed by atoms with Crippen LogP contribution in [0.3, 0.4) is 0 Å². The molecule has 0 aromatic carbocycles. The van der Waals surface area contributed by atoms with Crippen molar-refractivity contribution in [3.63, 3.8) is 0 Å². The van der Waals surface area contributed by atoms with Gasteiger partial charge in [-0.05, 0) is 31.0 Å². The van der Waals surface area contributed by atoms with Gasteiger partial charge in [-0.15, -0.1) is 5.10 Å². The quantitative estimate of drug-likeness (QED) is 0.813. The van der Waals surface area contributed by atoms with Crippen molar-refractivity contribution in [1.29, 1.82) is 0 Å². The van der Waals surface area contributed by atoms with E-state index in [0.717, 1.165) is 17.6 Å². The highest BCUT2D eigenvalue weighted by Gasteiger charge is 2.05. The summed E-state index contributed by atoms with van der Waals surface area (Å²) in [4.78, 5) is 4.31. The van der Waals surface area contributed by atoms with Crippen LogP contribution in [0.25, 0.3) is 5.65 Å². The van der Waals surface area contributed by atoms with Crippen molar-refractivity contribution in [3.05, 3.63) is 23.9 Å². The lowest BCUT2D eigenvalue weighted by Crippen LogP contribution is -2.18. The summed E-state index contributed by atoms with van der Waals surface area (Å²) in [7, 11) is 0. The number of nitrogens with one attached hydrogen (secondary N) is 1.